The van der Waals surface area contributed by atoms with E-state index in [2.05, 4.69) is 19.2 Å². The standard InChI is InChI=1S/C15H21NO2.ClH/c1-11(2)7-8-16-9-12-10-18-14-6-4-3-5-13(14)15(12)17;/h3-6,11-12,16H,7-10H2,1-2H3;1H. The van der Waals surface area contributed by atoms with Crippen LogP contribution in [0, 0.1) is 11.8 Å². The van der Waals surface area contributed by atoms with Crippen molar-refractivity contribution >= 4 is 18.2 Å². The molecule has 1 heterocycles. The highest BCUT2D eigenvalue weighted by atomic mass is 35.5. The molecule has 1 aromatic rings. The molecule has 4 heteroatoms. The summed E-state index contributed by atoms with van der Waals surface area (Å²) in [5.41, 5.74) is 0.722. The maximum absolute atomic E-state index is 12.2. The van der Waals surface area contributed by atoms with Gasteiger partial charge in [-0.3, -0.25) is 4.79 Å². The van der Waals surface area contributed by atoms with Crippen molar-refractivity contribution in [2.75, 3.05) is 19.7 Å². The van der Waals surface area contributed by atoms with Crippen LogP contribution in [0.15, 0.2) is 24.3 Å². The molecule has 0 saturated heterocycles. The fourth-order valence-corrected chi connectivity index (χ4v) is 2.10. The van der Waals surface area contributed by atoms with Gasteiger partial charge in [0, 0.05) is 6.54 Å². The van der Waals surface area contributed by atoms with Gasteiger partial charge in [0.15, 0.2) is 5.78 Å². The van der Waals surface area contributed by atoms with Crippen molar-refractivity contribution in [1.29, 1.82) is 0 Å². The highest BCUT2D eigenvalue weighted by Crippen LogP contribution is 2.26. The summed E-state index contributed by atoms with van der Waals surface area (Å²) < 4.78 is 5.62. The minimum Gasteiger partial charge on any atom is -0.492 e. The van der Waals surface area contributed by atoms with E-state index >= 15 is 0 Å². The molecule has 3 nitrogen and oxygen atoms in total. The van der Waals surface area contributed by atoms with Crippen LogP contribution in [0.2, 0.25) is 0 Å². The highest BCUT2D eigenvalue weighted by molar-refractivity contribution is 6.01. The number of carbonyl (C=O) groups excluding carboxylic acids is 1. The lowest BCUT2D eigenvalue weighted by atomic mass is 9.95. The molecule has 1 aromatic carbocycles. The summed E-state index contributed by atoms with van der Waals surface area (Å²) in [5.74, 6) is 1.57. The Morgan fingerprint density at radius 3 is 2.84 bits per heavy atom. The second-order valence-corrected chi connectivity index (χ2v) is 5.25. The average molecular weight is 284 g/mol. The summed E-state index contributed by atoms with van der Waals surface area (Å²) in [7, 11) is 0. The van der Waals surface area contributed by atoms with Gasteiger partial charge in [-0.05, 0) is 31.0 Å². The molecule has 1 unspecified atom stereocenters. The number of para-hydroxylation sites is 1. The molecule has 0 saturated carbocycles. The van der Waals surface area contributed by atoms with E-state index in [0.717, 1.165) is 24.3 Å². The molecular weight excluding hydrogens is 262 g/mol. The monoisotopic (exact) mass is 283 g/mol. The molecule has 0 aromatic heterocycles. The molecule has 19 heavy (non-hydrogen) atoms. The van der Waals surface area contributed by atoms with Crippen LogP contribution in [0.4, 0.5) is 0 Å². The Hall–Kier alpha value is -1.06. The van der Waals surface area contributed by atoms with E-state index < -0.39 is 0 Å². The van der Waals surface area contributed by atoms with Crippen molar-refractivity contribution in [2.45, 2.75) is 20.3 Å². The zero-order chi connectivity index (χ0) is 13.0. The molecule has 1 N–H and O–H groups in total. The third-order valence-electron chi connectivity index (χ3n) is 3.25. The number of halogens is 1. The Balaban J connectivity index is 0.00000180. The molecule has 0 spiro atoms. The van der Waals surface area contributed by atoms with Gasteiger partial charge < -0.3 is 10.1 Å². The van der Waals surface area contributed by atoms with Crippen molar-refractivity contribution in [3.05, 3.63) is 29.8 Å². The number of rotatable bonds is 5. The van der Waals surface area contributed by atoms with Gasteiger partial charge in [0.25, 0.3) is 0 Å². The van der Waals surface area contributed by atoms with Crippen LogP contribution < -0.4 is 10.1 Å². The predicted octanol–water partition coefficient (Wildman–Crippen LogP) is 2.94. The molecule has 0 bridgehead atoms. The van der Waals surface area contributed by atoms with Crippen LogP contribution >= 0.6 is 12.4 Å². The predicted molar refractivity (Wildman–Crippen MR) is 79.3 cm³/mol. The van der Waals surface area contributed by atoms with Crippen molar-refractivity contribution in [1.82, 2.24) is 5.32 Å². The quantitative estimate of drug-likeness (QED) is 0.845. The van der Waals surface area contributed by atoms with Crippen LogP contribution in [-0.2, 0) is 0 Å². The lowest BCUT2D eigenvalue weighted by Gasteiger charge is -2.24. The summed E-state index contributed by atoms with van der Waals surface area (Å²) in [6, 6.07) is 7.48. The molecule has 0 aliphatic carbocycles. The first-order valence-electron chi connectivity index (χ1n) is 6.65. The topological polar surface area (TPSA) is 38.3 Å². The van der Waals surface area contributed by atoms with Gasteiger partial charge in [-0.2, -0.15) is 0 Å². The first-order valence-corrected chi connectivity index (χ1v) is 6.65. The second kappa shape index (κ2) is 7.51. The molecule has 2 rings (SSSR count). The maximum Gasteiger partial charge on any atom is 0.174 e. The van der Waals surface area contributed by atoms with Crippen molar-refractivity contribution in [3.8, 4) is 5.75 Å². The van der Waals surface area contributed by atoms with Crippen molar-refractivity contribution in [3.63, 3.8) is 0 Å². The molecule has 0 amide bonds. The van der Waals surface area contributed by atoms with E-state index in [4.69, 9.17) is 4.74 Å². The molecule has 0 radical (unpaired) electrons. The summed E-state index contributed by atoms with van der Waals surface area (Å²) in [6.45, 7) is 6.56. The fourth-order valence-electron chi connectivity index (χ4n) is 2.10. The third-order valence-corrected chi connectivity index (χ3v) is 3.25. The molecule has 1 atom stereocenters. The van der Waals surface area contributed by atoms with Gasteiger partial charge in [-0.25, -0.2) is 0 Å². The van der Waals surface area contributed by atoms with Gasteiger partial charge in [0.1, 0.15) is 5.75 Å². The van der Waals surface area contributed by atoms with Crippen LogP contribution in [0.25, 0.3) is 0 Å². The number of fused-ring (bicyclic) bond motifs is 1. The molecule has 1 aliphatic rings. The summed E-state index contributed by atoms with van der Waals surface area (Å²) in [5, 5.41) is 3.35. The van der Waals surface area contributed by atoms with Crippen LogP contribution in [0.5, 0.6) is 5.75 Å². The first-order chi connectivity index (χ1) is 8.68. The lowest BCUT2D eigenvalue weighted by molar-refractivity contribution is 0.0829. The summed E-state index contributed by atoms with van der Waals surface area (Å²) >= 11 is 0. The molecule has 106 valence electrons. The van der Waals surface area contributed by atoms with E-state index in [-0.39, 0.29) is 24.1 Å². The Kier molecular flexibility index (Phi) is 6.32. The summed E-state index contributed by atoms with van der Waals surface area (Å²) in [6.07, 6.45) is 1.14. The van der Waals surface area contributed by atoms with E-state index in [1.165, 1.54) is 0 Å². The number of ether oxygens (including phenoxy) is 1. The number of hydrogen-bond donors (Lipinski definition) is 1. The van der Waals surface area contributed by atoms with E-state index in [1.54, 1.807) is 0 Å². The Morgan fingerprint density at radius 1 is 1.37 bits per heavy atom. The second-order valence-electron chi connectivity index (χ2n) is 5.25. The SMILES string of the molecule is CC(C)CCNCC1COc2ccccc2C1=O.Cl. The van der Waals surface area contributed by atoms with Gasteiger partial charge in [-0.1, -0.05) is 26.0 Å². The number of nitrogens with one attached hydrogen (secondary N) is 1. The van der Waals surface area contributed by atoms with Crippen molar-refractivity contribution in [2.24, 2.45) is 11.8 Å². The van der Waals surface area contributed by atoms with E-state index in [9.17, 15) is 4.79 Å². The highest BCUT2D eigenvalue weighted by Gasteiger charge is 2.27. The van der Waals surface area contributed by atoms with Gasteiger partial charge in [0.05, 0.1) is 18.1 Å². The third kappa shape index (κ3) is 4.22. The lowest BCUT2D eigenvalue weighted by Crippen LogP contribution is -2.36. The largest absolute Gasteiger partial charge is 0.492 e. The van der Waals surface area contributed by atoms with Crippen LogP contribution in [0.1, 0.15) is 30.6 Å². The van der Waals surface area contributed by atoms with Crippen molar-refractivity contribution < 1.29 is 9.53 Å². The van der Waals surface area contributed by atoms with Crippen LogP contribution in [0.3, 0.4) is 0 Å². The minimum atomic E-state index is -0.0490. The number of benzene rings is 1. The maximum atomic E-state index is 12.2. The van der Waals surface area contributed by atoms with E-state index in [1.807, 2.05) is 24.3 Å². The zero-order valence-corrected chi connectivity index (χ0v) is 12.3. The van der Waals surface area contributed by atoms with Gasteiger partial charge in [-0.15, -0.1) is 12.4 Å². The smallest absolute Gasteiger partial charge is 0.174 e. The molecular formula is C15H22ClNO2. The number of Topliss-reactive ketones (excluding diaryl/α,β-unsaturated/α-hetero) is 1. The Morgan fingerprint density at radius 2 is 2.11 bits per heavy atom. The number of hydrogen-bond acceptors (Lipinski definition) is 3. The average Bonchev–Trinajstić information content (AvgIpc) is 2.37. The summed E-state index contributed by atoms with van der Waals surface area (Å²) in [4.78, 5) is 12.2. The molecule has 1 aliphatic heterocycles. The number of ketones is 1. The van der Waals surface area contributed by atoms with E-state index in [0.29, 0.717) is 19.1 Å². The first kappa shape index (κ1) is 16.0. The number of carbonyl (C=O) groups is 1. The fraction of sp³-hybridized carbons (Fsp3) is 0.533. The van der Waals surface area contributed by atoms with Gasteiger partial charge >= 0.3 is 0 Å². The van der Waals surface area contributed by atoms with Gasteiger partial charge in [0.2, 0.25) is 0 Å². The minimum absolute atomic E-state index is 0. The normalized spacial score (nSPS) is 17.6. The molecule has 0 fully saturated rings. The van der Waals surface area contributed by atoms with Crippen LogP contribution in [-0.4, -0.2) is 25.5 Å². The Labute approximate surface area is 121 Å². The zero-order valence-electron chi connectivity index (χ0n) is 11.5. The Bertz CT molecular complexity index is 420.